The molecular formula is C12H23ClO. The molecule has 0 aliphatic heterocycles. The van der Waals surface area contributed by atoms with E-state index in [-0.39, 0.29) is 0 Å². The van der Waals surface area contributed by atoms with E-state index < -0.39 is 0 Å². The zero-order valence-corrected chi connectivity index (χ0v) is 10.2. The first kappa shape index (κ1) is 12.3. The first-order valence-corrected chi connectivity index (χ1v) is 6.47. The molecule has 1 nitrogen and oxygen atoms in total. The molecule has 14 heavy (non-hydrogen) atoms. The van der Waals surface area contributed by atoms with Crippen molar-refractivity contribution in [3.8, 4) is 0 Å². The van der Waals surface area contributed by atoms with Crippen LogP contribution in [0.4, 0.5) is 0 Å². The maximum Gasteiger partial charge on any atom is 0.0578 e. The molecule has 84 valence electrons. The Morgan fingerprint density at radius 2 is 2.21 bits per heavy atom. The second-order valence-corrected chi connectivity index (χ2v) is 4.96. The van der Waals surface area contributed by atoms with Gasteiger partial charge >= 0.3 is 0 Å². The fraction of sp³-hybridized carbons (Fsp3) is 1.00. The highest BCUT2D eigenvalue weighted by Crippen LogP contribution is 2.28. The fourth-order valence-electron chi connectivity index (χ4n) is 2.11. The maximum absolute atomic E-state index is 5.88. The molecule has 0 N–H and O–H groups in total. The van der Waals surface area contributed by atoms with Gasteiger partial charge in [0.05, 0.1) is 12.7 Å². The summed E-state index contributed by atoms with van der Waals surface area (Å²) in [5.41, 5.74) is 0. The smallest absolute Gasteiger partial charge is 0.0578 e. The number of halogens is 1. The summed E-state index contributed by atoms with van der Waals surface area (Å²) in [5.74, 6) is 2.11. The van der Waals surface area contributed by atoms with Gasteiger partial charge in [-0.3, -0.25) is 0 Å². The quantitative estimate of drug-likeness (QED) is 0.637. The average molecular weight is 219 g/mol. The lowest BCUT2D eigenvalue weighted by Gasteiger charge is -2.29. The second-order valence-electron chi connectivity index (χ2n) is 4.66. The highest BCUT2D eigenvalue weighted by Gasteiger charge is 2.21. The van der Waals surface area contributed by atoms with E-state index in [9.17, 15) is 0 Å². The molecule has 0 radical (unpaired) electrons. The van der Waals surface area contributed by atoms with Gasteiger partial charge < -0.3 is 4.74 Å². The van der Waals surface area contributed by atoms with Gasteiger partial charge in [0.1, 0.15) is 0 Å². The number of hydrogen-bond donors (Lipinski definition) is 0. The van der Waals surface area contributed by atoms with Crippen molar-refractivity contribution >= 4 is 11.6 Å². The van der Waals surface area contributed by atoms with Gasteiger partial charge in [0.15, 0.2) is 0 Å². The Hall–Kier alpha value is 0.250. The molecule has 0 spiro atoms. The molecule has 0 saturated heterocycles. The summed E-state index contributed by atoms with van der Waals surface area (Å²) in [6, 6.07) is 0. The number of rotatable bonds is 5. The lowest BCUT2D eigenvalue weighted by molar-refractivity contribution is -0.0000470. The van der Waals surface area contributed by atoms with Crippen LogP contribution < -0.4 is 0 Å². The van der Waals surface area contributed by atoms with E-state index in [0.717, 1.165) is 12.5 Å². The lowest BCUT2D eigenvalue weighted by atomic mass is 9.85. The van der Waals surface area contributed by atoms with Crippen LogP contribution in [0.1, 0.15) is 46.0 Å². The summed E-state index contributed by atoms with van der Waals surface area (Å²) in [6.45, 7) is 5.27. The van der Waals surface area contributed by atoms with Crippen LogP contribution in [0, 0.1) is 11.8 Å². The second kappa shape index (κ2) is 6.68. The molecule has 0 amide bonds. The summed E-state index contributed by atoms with van der Waals surface area (Å²) in [5, 5.41) is 0. The Balaban J connectivity index is 2.17. The van der Waals surface area contributed by atoms with Crippen LogP contribution in [0.15, 0.2) is 0 Å². The van der Waals surface area contributed by atoms with Crippen molar-refractivity contribution in [1.82, 2.24) is 0 Å². The molecule has 3 unspecified atom stereocenters. The SMILES string of the molecule is CCC1CCCC(OCC(C)CCl)C1. The van der Waals surface area contributed by atoms with E-state index in [1.54, 1.807) is 0 Å². The van der Waals surface area contributed by atoms with Crippen molar-refractivity contribution in [2.75, 3.05) is 12.5 Å². The first-order valence-electron chi connectivity index (χ1n) is 5.93. The van der Waals surface area contributed by atoms with E-state index >= 15 is 0 Å². The van der Waals surface area contributed by atoms with Crippen LogP contribution in [0.25, 0.3) is 0 Å². The molecule has 1 rings (SSSR count). The van der Waals surface area contributed by atoms with Gasteiger partial charge in [-0.05, 0) is 24.7 Å². The Morgan fingerprint density at radius 3 is 2.86 bits per heavy atom. The van der Waals surface area contributed by atoms with Gasteiger partial charge in [-0.15, -0.1) is 11.6 Å². The number of ether oxygens (including phenoxy) is 1. The van der Waals surface area contributed by atoms with E-state index in [2.05, 4.69) is 13.8 Å². The Kier molecular flexibility index (Phi) is 5.88. The minimum absolute atomic E-state index is 0.499. The largest absolute Gasteiger partial charge is 0.378 e. The van der Waals surface area contributed by atoms with Gasteiger partial charge in [-0.25, -0.2) is 0 Å². The van der Waals surface area contributed by atoms with Crippen LogP contribution in [-0.2, 0) is 4.74 Å². The Bertz CT molecular complexity index is 149. The molecule has 1 saturated carbocycles. The van der Waals surface area contributed by atoms with Gasteiger partial charge in [-0.2, -0.15) is 0 Å². The van der Waals surface area contributed by atoms with Crippen molar-refractivity contribution in [1.29, 1.82) is 0 Å². The predicted octanol–water partition coefficient (Wildman–Crippen LogP) is 3.85. The third-order valence-corrected chi connectivity index (χ3v) is 3.72. The third-order valence-electron chi connectivity index (χ3n) is 3.19. The van der Waals surface area contributed by atoms with E-state index in [0.29, 0.717) is 17.9 Å². The Labute approximate surface area is 93.2 Å². The summed E-state index contributed by atoms with van der Waals surface area (Å²) in [6.07, 6.45) is 7.10. The van der Waals surface area contributed by atoms with Crippen LogP contribution in [0.2, 0.25) is 0 Å². The average Bonchev–Trinajstić information content (AvgIpc) is 2.26. The molecule has 1 fully saturated rings. The standard InChI is InChI=1S/C12H23ClO/c1-3-11-5-4-6-12(7-11)14-9-10(2)8-13/h10-12H,3-9H2,1-2H3. The van der Waals surface area contributed by atoms with Gasteiger partial charge in [0.25, 0.3) is 0 Å². The van der Waals surface area contributed by atoms with Crippen molar-refractivity contribution in [2.24, 2.45) is 11.8 Å². The number of alkyl halides is 1. The lowest BCUT2D eigenvalue weighted by Crippen LogP contribution is -2.24. The number of hydrogen-bond acceptors (Lipinski definition) is 1. The van der Waals surface area contributed by atoms with Crippen molar-refractivity contribution in [3.05, 3.63) is 0 Å². The maximum atomic E-state index is 5.88. The topological polar surface area (TPSA) is 9.23 Å². The molecule has 0 bridgehead atoms. The zero-order valence-electron chi connectivity index (χ0n) is 9.47. The monoisotopic (exact) mass is 218 g/mol. The third kappa shape index (κ3) is 4.18. The van der Waals surface area contributed by atoms with E-state index in [4.69, 9.17) is 16.3 Å². The molecule has 0 aromatic carbocycles. The zero-order chi connectivity index (χ0) is 10.4. The highest BCUT2D eigenvalue weighted by atomic mass is 35.5. The van der Waals surface area contributed by atoms with Crippen molar-refractivity contribution in [3.63, 3.8) is 0 Å². The molecule has 0 aromatic rings. The highest BCUT2D eigenvalue weighted by molar-refractivity contribution is 6.18. The molecule has 0 heterocycles. The first-order chi connectivity index (χ1) is 6.76. The molecular weight excluding hydrogens is 196 g/mol. The van der Waals surface area contributed by atoms with Crippen LogP contribution in [0.5, 0.6) is 0 Å². The Morgan fingerprint density at radius 1 is 1.43 bits per heavy atom. The van der Waals surface area contributed by atoms with Gasteiger partial charge in [0.2, 0.25) is 0 Å². The molecule has 1 aliphatic rings. The van der Waals surface area contributed by atoms with Crippen molar-refractivity contribution < 1.29 is 4.74 Å². The normalized spacial score (nSPS) is 30.2. The van der Waals surface area contributed by atoms with E-state index in [1.807, 2.05) is 0 Å². The molecule has 3 atom stereocenters. The van der Waals surface area contributed by atoms with Crippen LogP contribution in [-0.4, -0.2) is 18.6 Å². The predicted molar refractivity (Wildman–Crippen MR) is 61.9 cm³/mol. The summed E-state index contributed by atoms with van der Waals surface area (Å²) >= 11 is 5.75. The van der Waals surface area contributed by atoms with Crippen molar-refractivity contribution in [2.45, 2.75) is 52.1 Å². The summed E-state index contributed by atoms with van der Waals surface area (Å²) < 4.78 is 5.88. The summed E-state index contributed by atoms with van der Waals surface area (Å²) in [7, 11) is 0. The molecule has 0 aromatic heterocycles. The summed E-state index contributed by atoms with van der Waals surface area (Å²) in [4.78, 5) is 0. The van der Waals surface area contributed by atoms with E-state index in [1.165, 1.54) is 32.1 Å². The molecule has 1 aliphatic carbocycles. The fourth-order valence-corrected chi connectivity index (χ4v) is 2.20. The van der Waals surface area contributed by atoms with Crippen LogP contribution >= 0.6 is 11.6 Å². The van der Waals surface area contributed by atoms with Gasteiger partial charge in [0, 0.05) is 5.88 Å². The minimum Gasteiger partial charge on any atom is -0.378 e. The molecule has 2 heteroatoms. The van der Waals surface area contributed by atoms with Gasteiger partial charge in [-0.1, -0.05) is 33.1 Å². The van der Waals surface area contributed by atoms with Crippen LogP contribution in [0.3, 0.4) is 0 Å². The minimum atomic E-state index is 0.499.